The molecule has 0 N–H and O–H groups in total. The summed E-state index contributed by atoms with van der Waals surface area (Å²) in [5.74, 6) is 0.685. The molecule has 4 aromatic rings. The first-order chi connectivity index (χ1) is 9.42. The van der Waals surface area contributed by atoms with Gasteiger partial charge in [-0.25, -0.2) is 15.0 Å². The SMILES string of the molecule is c1cnc2ncc(-c3csc(-c4cncs4)n3)n2c1. The van der Waals surface area contributed by atoms with Gasteiger partial charge in [-0.15, -0.1) is 22.7 Å². The first kappa shape index (κ1) is 10.8. The fourth-order valence-electron chi connectivity index (χ4n) is 1.84. The summed E-state index contributed by atoms with van der Waals surface area (Å²) in [5.41, 5.74) is 3.68. The summed E-state index contributed by atoms with van der Waals surface area (Å²) in [6.07, 6.45) is 7.31. The van der Waals surface area contributed by atoms with E-state index in [1.165, 1.54) is 0 Å². The van der Waals surface area contributed by atoms with E-state index in [1.54, 1.807) is 35.1 Å². The van der Waals surface area contributed by atoms with Crippen LogP contribution in [0.4, 0.5) is 0 Å². The minimum Gasteiger partial charge on any atom is -0.282 e. The Morgan fingerprint density at radius 2 is 2.11 bits per heavy atom. The van der Waals surface area contributed by atoms with Crippen molar-refractivity contribution in [1.82, 2.24) is 24.3 Å². The third-order valence-corrected chi connectivity index (χ3v) is 4.48. The van der Waals surface area contributed by atoms with Crippen molar-refractivity contribution in [3.05, 3.63) is 41.7 Å². The van der Waals surface area contributed by atoms with Gasteiger partial charge in [-0.2, -0.15) is 0 Å². The summed E-state index contributed by atoms with van der Waals surface area (Å²) in [7, 11) is 0. The second kappa shape index (κ2) is 4.22. The van der Waals surface area contributed by atoms with Gasteiger partial charge in [-0.05, 0) is 6.07 Å². The Bertz CT molecular complexity index is 831. The maximum atomic E-state index is 4.65. The van der Waals surface area contributed by atoms with Crippen LogP contribution in [0.3, 0.4) is 0 Å². The van der Waals surface area contributed by atoms with E-state index in [-0.39, 0.29) is 0 Å². The fraction of sp³-hybridized carbons (Fsp3) is 0. The quantitative estimate of drug-likeness (QED) is 0.568. The lowest BCUT2D eigenvalue weighted by Gasteiger charge is -1.96. The van der Waals surface area contributed by atoms with Gasteiger partial charge in [-0.3, -0.25) is 9.38 Å². The van der Waals surface area contributed by atoms with Gasteiger partial charge in [0, 0.05) is 24.0 Å². The van der Waals surface area contributed by atoms with Gasteiger partial charge in [0.25, 0.3) is 0 Å². The standard InChI is InChI=1S/C12H7N5S2/c1-2-14-12-15-4-9(17(12)3-1)8-6-18-11(16-8)10-5-13-7-19-10/h1-7H. The minimum atomic E-state index is 0.685. The number of imidazole rings is 1. The summed E-state index contributed by atoms with van der Waals surface area (Å²) in [4.78, 5) is 18.3. The van der Waals surface area contributed by atoms with Crippen LogP contribution in [0.25, 0.3) is 27.1 Å². The second-order valence-corrected chi connectivity index (χ2v) is 5.58. The van der Waals surface area contributed by atoms with E-state index in [0.29, 0.717) is 5.78 Å². The van der Waals surface area contributed by atoms with Gasteiger partial charge < -0.3 is 0 Å². The highest BCUT2D eigenvalue weighted by Crippen LogP contribution is 2.30. The molecule has 0 spiro atoms. The van der Waals surface area contributed by atoms with Crippen molar-refractivity contribution in [2.24, 2.45) is 0 Å². The zero-order valence-electron chi connectivity index (χ0n) is 9.59. The Morgan fingerprint density at radius 1 is 1.11 bits per heavy atom. The zero-order valence-corrected chi connectivity index (χ0v) is 11.2. The average molecular weight is 285 g/mol. The smallest absolute Gasteiger partial charge is 0.234 e. The van der Waals surface area contributed by atoms with Crippen LogP contribution in [0.2, 0.25) is 0 Å². The average Bonchev–Trinajstić information content (AvgIpc) is 3.18. The highest BCUT2D eigenvalue weighted by atomic mass is 32.1. The van der Waals surface area contributed by atoms with Gasteiger partial charge in [0.2, 0.25) is 5.78 Å². The maximum Gasteiger partial charge on any atom is 0.234 e. The minimum absolute atomic E-state index is 0.685. The van der Waals surface area contributed by atoms with E-state index in [2.05, 4.69) is 19.9 Å². The molecule has 0 aliphatic carbocycles. The van der Waals surface area contributed by atoms with E-state index in [1.807, 2.05) is 33.8 Å². The Balaban J connectivity index is 1.85. The van der Waals surface area contributed by atoms with Crippen molar-refractivity contribution in [3.63, 3.8) is 0 Å². The van der Waals surface area contributed by atoms with E-state index in [0.717, 1.165) is 21.3 Å². The molecule has 0 amide bonds. The van der Waals surface area contributed by atoms with Crippen molar-refractivity contribution in [3.8, 4) is 21.3 Å². The molecule has 0 saturated carbocycles. The third-order valence-electron chi connectivity index (χ3n) is 2.70. The van der Waals surface area contributed by atoms with Crippen LogP contribution in [0, 0.1) is 0 Å². The van der Waals surface area contributed by atoms with Crippen molar-refractivity contribution in [2.45, 2.75) is 0 Å². The summed E-state index contributed by atoms with van der Waals surface area (Å²) in [5, 5.41) is 3.02. The molecule has 4 heterocycles. The normalized spacial score (nSPS) is 11.2. The van der Waals surface area contributed by atoms with E-state index < -0.39 is 0 Å². The molecule has 0 saturated heterocycles. The van der Waals surface area contributed by atoms with Crippen LogP contribution in [-0.4, -0.2) is 24.3 Å². The summed E-state index contributed by atoms with van der Waals surface area (Å²) in [6, 6.07) is 1.88. The van der Waals surface area contributed by atoms with Crippen LogP contribution in [-0.2, 0) is 0 Å². The number of fused-ring (bicyclic) bond motifs is 1. The van der Waals surface area contributed by atoms with Crippen LogP contribution in [0.15, 0.2) is 41.7 Å². The van der Waals surface area contributed by atoms with E-state index in [4.69, 9.17) is 0 Å². The molecule has 4 aromatic heterocycles. The lowest BCUT2D eigenvalue weighted by atomic mass is 10.4. The van der Waals surface area contributed by atoms with Crippen molar-refractivity contribution >= 4 is 28.5 Å². The topological polar surface area (TPSA) is 56.0 Å². The number of thiazole rings is 2. The van der Waals surface area contributed by atoms with Gasteiger partial charge in [0.1, 0.15) is 10.7 Å². The molecule has 4 rings (SSSR count). The molecule has 0 aliphatic rings. The number of hydrogen-bond donors (Lipinski definition) is 0. The fourth-order valence-corrected chi connectivity index (χ4v) is 3.35. The molecule has 0 radical (unpaired) electrons. The maximum absolute atomic E-state index is 4.65. The second-order valence-electron chi connectivity index (χ2n) is 3.84. The summed E-state index contributed by atoms with van der Waals surface area (Å²) >= 11 is 3.20. The Hall–Kier alpha value is -2.12. The van der Waals surface area contributed by atoms with Crippen molar-refractivity contribution in [2.75, 3.05) is 0 Å². The first-order valence-corrected chi connectivity index (χ1v) is 7.30. The Kier molecular flexibility index (Phi) is 2.39. The molecule has 0 aromatic carbocycles. The molecule has 92 valence electrons. The molecule has 0 aliphatic heterocycles. The van der Waals surface area contributed by atoms with Crippen LogP contribution in [0.1, 0.15) is 0 Å². The van der Waals surface area contributed by atoms with Crippen molar-refractivity contribution < 1.29 is 0 Å². The summed E-state index contributed by atoms with van der Waals surface area (Å²) in [6.45, 7) is 0. The zero-order chi connectivity index (χ0) is 12.7. The lowest BCUT2D eigenvalue weighted by molar-refractivity contribution is 1.11. The number of hydrogen-bond acceptors (Lipinski definition) is 6. The Morgan fingerprint density at radius 3 is 3.00 bits per heavy atom. The van der Waals surface area contributed by atoms with Crippen LogP contribution >= 0.6 is 22.7 Å². The number of rotatable bonds is 2. The van der Waals surface area contributed by atoms with Crippen LogP contribution in [0.5, 0.6) is 0 Å². The van der Waals surface area contributed by atoms with Gasteiger partial charge in [0.15, 0.2) is 0 Å². The van der Waals surface area contributed by atoms with Crippen molar-refractivity contribution in [1.29, 1.82) is 0 Å². The molecular formula is C12H7N5S2. The monoisotopic (exact) mass is 285 g/mol. The van der Waals surface area contributed by atoms with Gasteiger partial charge in [0.05, 0.1) is 22.3 Å². The molecule has 0 atom stereocenters. The van der Waals surface area contributed by atoms with Crippen LogP contribution < -0.4 is 0 Å². The first-order valence-electron chi connectivity index (χ1n) is 5.54. The van der Waals surface area contributed by atoms with E-state index in [9.17, 15) is 0 Å². The molecule has 5 nitrogen and oxygen atoms in total. The molecule has 0 unspecified atom stereocenters. The highest BCUT2D eigenvalue weighted by molar-refractivity contribution is 7.20. The van der Waals surface area contributed by atoms with Gasteiger partial charge >= 0.3 is 0 Å². The molecule has 7 heteroatoms. The lowest BCUT2D eigenvalue weighted by Crippen LogP contribution is -1.89. The molecular weight excluding hydrogens is 278 g/mol. The number of aromatic nitrogens is 5. The molecule has 0 fully saturated rings. The number of nitrogens with zero attached hydrogens (tertiary/aromatic N) is 5. The molecule has 0 bridgehead atoms. The summed E-state index contributed by atoms with van der Waals surface area (Å²) < 4.78 is 1.94. The van der Waals surface area contributed by atoms with Gasteiger partial charge in [-0.1, -0.05) is 0 Å². The Labute approximate surface area is 116 Å². The predicted octanol–water partition coefficient (Wildman–Crippen LogP) is 2.98. The highest BCUT2D eigenvalue weighted by Gasteiger charge is 2.11. The van der Waals surface area contributed by atoms with E-state index >= 15 is 0 Å². The largest absolute Gasteiger partial charge is 0.282 e. The predicted molar refractivity (Wildman–Crippen MR) is 75.2 cm³/mol. The molecule has 19 heavy (non-hydrogen) atoms. The third kappa shape index (κ3) is 1.74.